The summed E-state index contributed by atoms with van der Waals surface area (Å²) >= 11 is 0. The molecule has 1 aromatic rings. The average molecular weight is 255 g/mol. The van der Waals surface area contributed by atoms with Gasteiger partial charge < -0.3 is 15.0 Å². The normalized spacial score (nSPS) is 15.7. The van der Waals surface area contributed by atoms with Gasteiger partial charge in [-0.05, 0) is 19.8 Å². The van der Waals surface area contributed by atoms with E-state index in [1.165, 1.54) is 0 Å². The van der Waals surface area contributed by atoms with Crippen LogP contribution in [0.4, 0.5) is 0 Å². The van der Waals surface area contributed by atoms with Crippen molar-refractivity contribution in [1.82, 2.24) is 10.1 Å². The Bertz CT molecular complexity index is 372. The van der Waals surface area contributed by atoms with Gasteiger partial charge in [-0.3, -0.25) is 0 Å². The Balaban J connectivity index is 2.78. The van der Waals surface area contributed by atoms with Crippen molar-refractivity contribution in [2.24, 2.45) is 5.73 Å². The van der Waals surface area contributed by atoms with Gasteiger partial charge in [0.2, 0.25) is 5.89 Å². The first-order chi connectivity index (χ1) is 8.33. The zero-order valence-electron chi connectivity index (χ0n) is 12.1. The Morgan fingerprint density at radius 3 is 2.50 bits per heavy atom. The topological polar surface area (TPSA) is 74.2 Å². The van der Waals surface area contributed by atoms with Crippen LogP contribution in [-0.2, 0) is 15.7 Å². The molecular weight excluding hydrogens is 230 g/mol. The summed E-state index contributed by atoms with van der Waals surface area (Å²) in [6.07, 6.45) is 1.90. The standard InChI is InChI=1S/C13H25N3O2/c1-6-8-17-9-13(5,14)10-15-11(18-16-10)12(3,4)7-2/h6-9,14H2,1-5H3. The molecular formula is C13H25N3O2. The van der Waals surface area contributed by atoms with Gasteiger partial charge >= 0.3 is 0 Å². The molecule has 0 aliphatic rings. The molecule has 104 valence electrons. The monoisotopic (exact) mass is 255 g/mol. The van der Waals surface area contributed by atoms with Gasteiger partial charge in [0, 0.05) is 12.0 Å². The Labute approximate surface area is 109 Å². The van der Waals surface area contributed by atoms with Crippen LogP contribution in [0, 0.1) is 0 Å². The van der Waals surface area contributed by atoms with Gasteiger partial charge in [0.1, 0.15) is 5.54 Å². The van der Waals surface area contributed by atoms with Gasteiger partial charge in [-0.2, -0.15) is 4.98 Å². The SMILES string of the molecule is CCCOCC(C)(N)c1noc(C(C)(C)CC)n1. The van der Waals surface area contributed by atoms with Crippen molar-refractivity contribution in [3.8, 4) is 0 Å². The van der Waals surface area contributed by atoms with Crippen molar-refractivity contribution in [1.29, 1.82) is 0 Å². The minimum absolute atomic E-state index is 0.119. The molecule has 0 aromatic carbocycles. The van der Waals surface area contributed by atoms with E-state index in [2.05, 4.69) is 37.8 Å². The number of aromatic nitrogens is 2. The summed E-state index contributed by atoms with van der Waals surface area (Å²) in [5, 5.41) is 3.99. The fourth-order valence-corrected chi connectivity index (χ4v) is 1.37. The summed E-state index contributed by atoms with van der Waals surface area (Å²) in [5.41, 5.74) is 5.34. The summed E-state index contributed by atoms with van der Waals surface area (Å²) in [6.45, 7) is 11.2. The van der Waals surface area contributed by atoms with E-state index >= 15 is 0 Å². The van der Waals surface area contributed by atoms with Crippen LogP contribution in [0.1, 0.15) is 59.2 Å². The lowest BCUT2D eigenvalue weighted by molar-refractivity contribution is 0.0867. The number of nitrogens with two attached hydrogens (primary N) is 1. The Kier molecular flexibility index (Phi) is 4.87. The Hall–Kier alpha value is -0.940. The van der Waals surface area contributed by atoms with Crippen LogP contribution in [0.3, 0.4) is 0 Å². The second kappa shape index (κ2) is 5.80. The third-order valence-electron chi connectivity index (χ3n) is 3.15. The molecule has 1 aromatic heterocycles. The van der Waals surface area contributed by atoms with Crippen molar-refractivity contribution in [2.45, 2.75) is 58.4 Å². The summed E-state index contributed by atoms with van der Waals surface area (Å²) < 4.78 is 10.8. The molecule has 0 radical (unpaired) electrons. The van der Waals surface area contributed by atoms with Crippen LogP contribution < -0.4 is 5.73 Å². The Morgan fingerprint density at radius 2 is 1.94 bits per heavy atom. The van der Waals surface area contributed by atoms with Crippen LogP contribution in [0.15, 0.2) is 4.52 Å². The lowest BCUT2D eigenvalue weighted by Gasteiger charge is -2.20. The lowest BCUT2D eigenvalue weighted by Crippen LogP contribution is -2.39. The van der Waals surface area contributed by atoms with E-state index in [1.807, 2.05) is 6.92 Å². The van der Waals surface area contributed by atoms with E-state index in [-0.39, 0.29) is 5.41 Å². The fraction of sp³-hybridized carbons (Fsp3) is 0.846. The largest absolute Gasteiger partial charge is 0.379 e. The molecule has 18 heavy (non-hydrogen) atoms. The minimum atomic E-state index is -0.708. The summed E-state index contributed by atoms with van der Waals surface area (Å²) in [7, 11) is 0. The molecule has 0 saturated heterocycles. The van der Waals surface area contributed by atoms with Gasteiger partial charge in [-0.1, -0.05) is 32.9 Å². The van der Waals surface area contributed by atoms with E-state index in [0.29, 0.717) is 24.9 Å². The predicted octanol–water partition coefficient (Wildman–Crippen LogP) is 2.36. The highest BCUT2D eigenvalue weighted by Crippen LogP contribution is 2.26. The molecule has 5 nitrogen and oxygen atoms in total. The number of rotatable bonds is 7. The van der Waals surface area contributed by atoms with Crippen molar-refractivity contribution >= 4 is 0 Å². The molecule has 0 aliphatic heterocycles. The minimum Gasteiger partial charge on any atom is -0.379 e. The van der Waals surface area contributed by atoms with E-state index < -0.39 is 5.54 Å². The first-order valence-electron chi connectivity index (χ1n) is 6.54. The second-order valence-electron chi connectivity index (χ2n) is 5.63. The molecule has 0 bridgehead atoms. The van der Waals surface area contributed by atoms with Gasteiger partial charge in [-0.25, -0.2) is 0 Å². The average Bonchev–Trinajstić information content (AvgIpc) is 2.80. The number of ether oxygens (including phenoxy) is 1. The van der Waals surface area contributed by atoms with Crippen molar-refractivity contribution in [2.75, 3.05) is 13.2 Å². The van der Waals surface area contributed by atoms with Crippen LogP contribution in [-0.4, -0.2) is 23.4 Å². The van der Waals surface area contributed by atoms with Crippen molar-refractivity contribution < 1.29 is 9.26 Å². The third-order valence-corrected chi connectivity index (χ3v) is 3.15. The zero-order chi connectivity index (χ0) is 13.8. The highest BCUT2D eigenvalue weighted by Gasteiger charge is 2.32. The maximum atomic E-state index is 6.17. The van der Waals surface area contributed by atoms with E-state index in [4.69, 9.17) is 15.0 Å². The van der Waals surface area contributed by atoms with Crippen LogP contribution in [0.5, 0.6) is 0 Å². The van der Waals surface area contributed by atoms with Crippen molar-refractivity contribution in [3.63, 3.8) is 0 Å². The fourth-order valence-electron chi connectivity index (χ4n) is 1.37. The van der Waals surface area contributed by atoms with E-state index in [0.717, 1.165) is 12.8 Å². The molecule has 0 aliphatic carbocycles. The van der Waals surface area contributed by atoms with Crippen LogP contribution >= 0.6 is 0 Å². The quantitative estimate of drug-likeness (QED) is 0.757. The molecule has 0 spiro atoms. The molecule has 1 rings (SSSR count). The zero-order valence-corrected chi connectivity index (χ0v) is 12.1. The first-order valence-corrected chi connectivity index (χ1v) is 6.54. The smallest absolute Gasteiger partial charge is 0.232 e. The van der Waals surface area contributed by atoms with Crippen molar-refractivity contribution in [3.05, 3.63) is 11.7 Å². The predicted molar refractivity (Wildman–Crippen MR) is 70.3 cm³/mol. The van der Waals surface area contributed by atoms with Gasteiger partial charge in [0.05, 0.1) is 6.61 Å². The highest BCUT2D eigenvalue weighted by molar-refractivity contribution is 5.06. The third kappa shape index (κ3) is 3.53. The van der Waals surface area contributed by atoms with Gasteiger partial charge in [0.25, 0.3) is 0 Å². The van der Waals surface area contributed by atoms with Gasteiger partial charge in [-0.15, -0.1) is 0 Å². The summed E-state index contributed by atoms with van der Waals surface area (Å²) in [5.74, 6) is 1.14. The molecule has 1 unspecified atom stereocenters. The van der Waals surface area contributed by atoms with Gasteiger partial charge in [0.15, 0.2) is 5.82 Å². The molecule has 1 heterocycles. The molecule has 0 saturated carbocycles. The molecule has 0 amide bonds. The Morgan fingerprint density at radius 1 is 1.28 bits per heavy atom. The van der Waals surface area contributed by atoms with E-state index in [9.17, 15) is 0 Å². The molecule has 2 N–H and O–H groups in total. The first kappa shape index (κ1) is 15.1. The number of hydrogen-bond acceptors (Lipinski definition) is 5. The molecule has 0 fully saturated rings. The highest BCUT2D eigenvalue weighted by atomic mass is 16.5. The van der Waals surface area contributed by atoms with E-state index in [1.54, 1.807) is 0 Å². The second-order valence-corrected chi connectivity index (χ2v) is 5.63. The number of nitrogens with zero attached hydrogens (tertiary/aromatic N) is 2. The maximum absolute atomic E-state index is 6.17. The molecule has 5 heteroatoms. The maximum Gasteiger partial charge on any atom is 0.232 e. The van der Waals surface area contributed by atoms with Crippen LogP contribution in [0.2, 0.25) is 0 Å². The molecule has 1 atom stereocenters. The number of hydrogen-bond donors (Lipinski definition) is 1. The lowest BCUT2D eigenvalue weighted by atomic mass is 9.90. The summed E-state index contributed by atoms with van der Waals surface area (Å²) in [6, 6.07) is 0. The van der Waals surface area contributed by atoms with Crippen LogP contribution in [0.25, 0.3) is 0 Å². The summed E-state index contributed by atoms with van der Waals surface area (Å²) in [4.78, 5) is 4.42.